The largest absolute Gasteiger partial charge is 0.317 e. The maximum absolute atomic E-state index is 12.2. The SMILES string of the molecule is CN1N=C(c2ccccc2)C(=O)Nc2cccnc21. The fourth-order valence-corrected chi connectivity index (χ4v) is 1.96. The summed E-state index contributed by atoms with van der Waals surface area (Å²) in [6, 6.07) is 13.0. The molecule has 0 fully saturated rings. The second kappa shape index (κ2) is 4.53. The van der Waals surface area contributed by atoms with Crippen LogP contribution in [0.25, 0.3) is 0 Å². The molecule has 94 valence electrons. The van der Waals surface area contributed by atoms with Crippen LogP contribution in [0.1, 0.15) is 5.56 Å². The lowest BCUT2D eigenvalue weighted by molar-refractivity contribution is -0.110. The van der Waals surface area contributed by atoms with Crippen LogP contribution in [0.3, 0.4) is 0 Å². The van der Waals surface area contributed by atoms with Gasteiger partial charge < -0.3 is 5.32 Å². The van der Waals surface area contributed by atoms with E-state index in [2.05, 4.69) is 15.4 Å². The molecule has 0 saturated carbocycles. The van der Waals surface area contributed by atoms with Gasteiger partial charge >= 0.3 is 0 Å². The molecule has 0 unspecified atom stereocenters. The Morgan fingerprint density at radius 1 is 1.11 bits per heavy atom. The minimum absolute atomic E-state index is 0.232. The van der Waals surface area contributed by atoms with E-state index in [1.54, 1.807) is 30.4 Å². The summed E-state index contributed by atoms with van der Waals surface area (Å²) in [7, 11) is 1.77. The van der Waals surface area contributed by atoms with E-state index in [4.69, 9.17) is 0 Å². The van der Waals surface area contributed by atoms with E-state index < -0.39 is 0 Å². The number of carbonyl (C=O) groups excluding carboxylic acids is 1. The van der Waals surface area contributed by atoms with E-state index in [1.165, 1.54) is 0 Å². The smallest absolute Gasteiger partial charge is 0.276 e. The van der Waals surface area contributed by atoms with Gasteiger partial charge in [-0.3, -0.25) is 4.79 Å². The molecule has 3 rings (SSSR count). The Morgan fingerprint density at radius 2 is 1.89 bits per heavy atom. The maximum atomic E-state index is 12.2. The monoisotopic (exact) mass is 252 g/mol. The summed E-state index contributed by atoms with van der Waals surface area (Å²) < 4.78 is 0. The van der Waals surface area contributed by atoms with E-state index in [0.29, 0.717) is 17.2 Å². The van der Waals surface area contributed by atoms with Crippen LogP contribution >= 0.6 is 0 Å². The second-order valence-electron chi connectivity index (χ2n) is 4.17. The van der Waals surface area contributed by atoms with Crippen LogP contribution in [-0.4, -0.2) is 23.7 Å². The van der Waals surface area contributed by atoms with E-state index >= 15 is 0 Å². The lowest BCUT2D eigenvalue weighted by Crippen LogP contribution is -2.23. The Kier molecular flexibility index (Phi) is 2.72. The van der Waals surface area contributed by atoms with Crippen molar-refractivity contribution in [1.82, 2.24) is 4.98 Å². The van der Waals surface area contributed by atoms with Crippen molar-refractivity contribution < 1.29 is 4.79 Å². The number of anilines is 2. The molecule has 1 aromatic carbocycles. The van der Waals surface area contributed by atoms with Gasteiger partial charge in [-0.15, -0.1) is 0 Å². The summed E-state index contributed by atoms with van der Waals surface area (Å²) in [5.41, 5.74) is 1.81. The van der Waals surface area contributed by atoms with E-state index in [-0.39, 0.29) is 5.91 Å². The number of hydrogen-bond donors (Lipinski definition) is 1. The first kappa shape index (κ1) is 11.4. The zero-order chi connectivity index (χ0) is 13.2. The highest BCUT2D eigenvalue weighted by Gasteiger charge is 2.22. The standard InChI is InChI=1S/C14H12N4O/c1-18-13-11(8-5-9-15-13)16-14(19)12(17-18)10-6-3-2-4-7-10/h2-9H,1H3,(H,16,19). The first-order valence-corrected chi connectivity index (χ1v) is 5.90. The van der Waals surface area contributed by atoms with Crippen LogP contribution in [0.15, 0.2) is 53.8 Å². The van der Waals surface area contributed by atoms with Gasteiger partial charge in [0, 0.05) is 18.8 Å². The molecule has 2 aromatic rings. The molecule has 1 amide bonds. The summed E-state index contributed by atoms with van der Waals surface area (Å²) in [6.45, 7) is 0. The third kappa shape index (κ3) is 2.06. The Hall–Kier alpha value is -2.69. The molecule has 0 bridgehead atoms. The van der Waals surface area contributed by atoms with Crippen molar-refractivity contribution >= 4 is 23.1 Å². The summed E-state index contributed by atoms with van der Waals surface area (Å²) in [5.74, 6) is 0.395. The van der Waals surface area contributed by atoms with Gasteiger partial charge in [0.2, 0.25) is 0 Å². The normalized spacial score (nSPS) is 14.3. The first-order valence-electron chi connectivity index (χ1n) is 5.90. The van der Waals surface area contributed by atoms with Crippen LogP contribution in [0.5, 0.6) is 0 Å². The van der Waals surface area contributed by atoms with Gasteiger partial charge in [0.1, 0.15) is 0 Å². The van der Waals surface area contributed by atoms with Crippen molar-refractivity contribution in [3.8, 4) is 0 Å². The highest BCUT2D eigenvalue weighted by molar-refractivity contribution is 6.49. The van der Waals surface area contributed by atoms with Gasteiger partial charge in [-0.2, -0.15) is 5.10 Å². The molecule has 0 radical (unpaired) electrons. The van der Waals surface area contributed by atoms with Crippen LogP contribution in [0.4, 0.5) is 11.5 Å². The number of hydrogen-bond acceptors (Lipinski definition) is 4. The number of amides is 1. The topological polar surface area (TPSA) is 57.6 Å². The fourth-order valence-electron chi connectivity index (χ4n) is 1.96. The first-order chi connectivity index (χ1) is 9.25. The van der Waals surface area contributed by atoms with E-state index in [0.717, 1.165) is 5.56 Å². The summed E-state index contributed by atoms with van der Waals surface area (Å²) in [4.78, 5) is 16.5. The number of rotatable bonds is 1. The van der Waals surface area contributed by atoms with Gasteiger partial charge in [-0.05, 0) is 12.1 Å². The molecule has 2 heterocycles. The minimum Gasteiger partial charge on any atom is -0.317 e. The van der Waals surface area contributed by atoms with Crippen molar-refractivity contribution in [2.45, 2.75) is 0 Å². The van der Waals surface area contributed by atoms with Crippen LogP contribution in [0.2, 0.25) is 0 Å². The zero-order valence-electron chi connectivity index (χ0n) is 10.4. The second-order valence-corrected chi connectivity index (χ2v) is 4.17. The number of hydrazone groups is 1. The molecule has 0 spiro atoms. The molecular weight excluding hydrogens is 240 g/mol. The third-order valence-electron chi connectivity index (χ3n) is 2.85. The maximum Gasteiger partial charge on any atom is 0.276 e. The molecule has 5 nitrogen and oxygen atoms in total. The average Bonchev–Trinajstić information content (AvgIpc) is 2.57. The van der Waals surface area contributed by atoms with Crippen molar-refractivity contribution in [3.05, 3.63) is 54.2 Å². The lowest BCUT2D eigenvalue weighted by atomic mass is 10.1. The molecule has 0 atom stereocenters. The van der Waals surface area contributed by atoms with Gasteiger partial charge in [0.15, 0.2) is 11.5 Å². The Bertz CT molecular complexity index is 652. The van der Waals surface area contributed by atoms with Crippen molar-refractivity contribution in [1.29, 1.82) is 0 Å². The highest BCUT2D eigenvalue weighted by atomic mass is 16.2. The molecule has 1 aliphatic rings. The predicted octanol–water partition coefficient (Wildman–Crippen LogP) is 1.87. The minimum atomic E-state index is -0.232. The molecule has 5 heteroatoms. The fraction of sp³-hybridized carbons (Fsp3) is 0.0714. The third-order valence-corrected chi connectivity index (χ3v) is 2.85. The summed E-state index contributed by atoms with van der Waals surface area (Å²) in [6.07, 6.45) is 1.67. The number of nitrogens with zero attached hydrogens (tertiary/aromatic N) is 3. The molecule has 19 heavy (non-hydrogen) atoms. The van der Waals surface area contributed by atoms with Gasteiger partial charge in [0.25, 0.3) is 5.91 Å². The van der Waals surface area contributed by atoms with Gasteiger partial charge in [-0.1, -0.05) is 30.3 Å². The zero-order valence-corrected chi connectivity index (χ0v) is 10.4. The molecule has 0 aliphatic carbocycles. The van der Waals surface area contributed by atoms with E-state index in [9.17, 15) is 4.79 Å². The van der Waals surface area contributed by atoms with E-state index in [1.807, 2.05) is 30.3 Å². The van der Waals surface area contributed by atoms with Crippen LogP contribution < -0.4 is 10.3 Å². The van der Waals surface area contributed by atoms with Crippen molar-refractivity contribution in [3.63, 3.8) is 0 Å². The Balaban J connectivity index is 2.08. The number of benzene rings is 1. The average molecular weight is 252 g/mol. The summed E-state index contributed by atoms with van der Waals surface area (Å²) in [5, 5.41) is 8.78. The number of carbonyl (C=O) groups is 1. The lowest BCUT2D eigenvalue weighted by Gasteiger charge is -2.12. The quantitative estimate of drug-likeness (QED) is 0.843. The molecule has 1 aliphatic heterocycles. The van der Waals surface area contributed by atoms with Crippen LogP contribution in [-0.2, 0) is 4.79 Å². The predicted molar refractivity (Wildman–Crippen MR) is 74.2 cm³/mol. The number of nitrogens with one attached hydrogen (secondary N) is 1. The molecule has 1 aromatic heterocycles. The number of fused-ring (bicyclic) bond motifs is 1. The van der Waals surface area contributed by atoms with Gasteiger partial charge in [0.05, 0.1) is 5.69 Å². The summed E-state index contributed by atoms with van der Waals surface area (Å²) >= 11 is 0. The molecule has 1 N–H and O–H groups in total. The van der Waals surface area contributed by atoms with Crippen LogP contribution in [0, 0.1) is 0 Å². The number of aromatic nitrogens is 1. The number of pyridine rings is 1. The Labute approximate surface area is 110 Å². The van der Waals surface area contributed by atoms with Crippen molar-refractivity contribution in [2.24, 2.45) is 5.10 Å². The van der Waals surface area contributed by atoms with Gasteiger partial charge in [-0.25, -0.2) is 9.99 Å². The van der Waals surface area contributed by atoms with Crippen molar-refractivity contribution in [2.75, 3.05) is 17.4 Å². The molecular formula is C14H12N4O. The highest BCUT2D eigenvalue weighted by Crippen LogP contribution is 2.24. The Morgan fingerprint density at radius 3 is 2.68 bits per heavy atom. The molecule has 0 saturated heterocycles.